The standard InChI is InChI=1S/C29H48O3Si.C29H46O3Si.C25H36O3.C25H34O3.C19H24O3/c2*1-8-27-16-28(30,19-33(5,6)7)25-22-11-9-20(2)15-21(22)10-12-23(25)24(27)13-14-29(27)31-17-26(3,4)18-32-29;2*1-5-24-13-21(26)22-18-8-6-16(2)12-17(18)7-9-19(22)20(24)10-11-25(24)27-14-23(3,4)15-28-25;1-2-19-10-16(21)18-13-6-4-12(20)9-11(13)3-5-14(18)15(19)7-8-17(19)22/h9,23-25,30H,8,10-19H2,1-7H3;9,11,15,23-25,30H,8,10,12-14,16-19H2,1-7H3;6,8,12,19-22,26H,5,7,9-11,13-15H2,1-4H3;6,8,12,19-20,22H,5,7,9-11,13-15H2,1-4H3;9,13-15,18H,2-8,10H2,1H3/t2*23?,24?,25?,27-,28+;19?,20?,21-,22?,24+;19?,20?,22?,24-;13?,14?,15?,18?,19-/m00100/s1. The van der Waals surface area contributed by atoms with Crippen LogP contribution in [-0.2, 0) is 76.3 Å². The monoisotopic (exact) mass is 2010 g/mol. The van der Waals surface area contributed by atoms with Gasteiger partial charge in [-0.3, -0.25) is 19.2 Å². The molecule has 24 rings (SSSR count). The van der Waals surface area contributed by atoms with Crippen LogP contribution < -0.4 is 0 Å². The molecule has 4 saturated heterocycles. The van der Waals surface area contributed by atoms with Crippen molar-refractivity contribution in [3.8, 4) is 0 Å². The topological polar surface area (TPSA) is 203 Å². The highest BCUT2D eigenvalue weighted by molar-refractivity contribution is 6.76. The van der Waals surface area contributed by atoms with Gasteiger partial charge in [-0.05, 0) is 311 Å². The summed E-state index contributed by atoms with van der Waals surface area (Å²) in [6.07, 6.45) is 37.5. The lowest BCUT2D eigenvalue weighted by atomic mass is 9.48. The number of ketones is 4. The van der Waals surface area contributed by atoms with Crippen molar-refractivity contribution in [2.75, 3.05) is 52.9 Å². The summed E-state index contributed by atoms with van der Waals surface area (Å²) in [4.78, 5) is 50.8. The number of aliphatic hydroxyl groups excluding tert-OH is 1. The molecule has 4 spiro atoms. The fourth-order valence-corrected chi connectivity index (χ4v) is 42.7. The van der Waals surface area contributed by atoms with Crippen LogP contribution in [0.25, 0.3) is 0 Å². The molecule has 4 aliphatic heterocycles. The molecule has 3 N–H and O–H groups in total. The van der Waals surface area contributed by atoms with Crippen LogP contribution in [0, 0.1) is 146 Å². The van der Waals surface area contributed by atoms with Gasteiger partial charge in [-0.1, -0.05) is 229 Å². The Morgan fingerprint density at radius 2 is 0.806 bits per heavy atom. The van der Waals surface area contributed by atoms with E-state index < -0.39 is 50.5 Å². The molecule has 144 heavy (non-hydrogen) atoms. The molecule has 21 aliphatic rings. The zero-order valence-corrected chi connectivity index (χ0v) is 95.5. The molecule has 4 heterocycles. The van der Waals surface area contributed by atoms with Crippen LogP contribution in [0.1, 0.15) is 364 Å². The van der Waals surface area contributed by atoms with Gasteiger partial charge in [0.05, 0.1) is 70.2 Å². The summed E-state index contributed by atoms with van der Waals surface area (Å²) in [6, 6.07) is 22.5. The molecular formula is C127H188O15Si2. The van der Waals surface area contributed by atoms with Crippen LogP contribution in [0.15, 0.2) is 89.0 Å². The van der Waals surface area contributed by atoms with Crippen molar-refractivity contribution in [2.45, 2.75) is 446 Å². The predicted molar refractivity (Wildman–Crippen MR) is 577 cm³/mol. The minimum absolute atomic E-state index is 0.0493. The van der Waals surface area contributed by atoms with E-state index in [0.717, 1.165) is 213 Å². The number of aliphatic hydroxyl groups is 3. The quantitative estimate of drug-likeness (QED) is 0.135. The van der Waals surface area contributed by atoms with Gasteiger partial charge in [-0.2, -0.15) is 0 Å². The number of hydrogen-bond donors (Lipinski definition) is 3. The Morgan fingerprint density at radius 1 is 0.396 bits per heavy atom. The molecule has 0 amide bonds. The first-order valence-electron chi connectivity index (χ1n) is 58.6. The third-order valence-electron chi connectivity index (χ3n) is 43.9. The zero-order valence-electron chi connectivity index (χ0n) is 93.5. The highest BCUT2D eigenvalue weighted by Gasteiger charge is 2.76. The molecule has 3 aromatic carbocycles. The number of carbonyl (C=O) groups excluding carboxylic acids is 4. The third-order valence-corrected chi connectivity index (χ3v) is 47.2. The van der Waals surface area contributed by atoms with Crippen LogP contribution in [0.2, 0.25) is 51.4 Å². The summed E-state index contributed by atoms with van der Waals surface area (Å²) in [5.41, 5.74) is 16.7. The van der Waals surface area contributed by atoms with Crippen molar-refractivity contribution in [3.05, 3.63) is 139 Å². The first-order valence-corrected chi connectivity index (χ1v) is 66.0. The van der Waals surface area contributed by atoms with Crippen molar-refractivity contribution in [2.24, 2.45) is 126 Å². The van der Waals surface area contributed by atoms with E-state index in [2.05, 4.69) is 218 Å². The third kappa shape index (κ3) is 17.7. The number of Topliss-reactive ketones (excluding diaryl/α,β-unsaturated/α-hetero) is 3. The summed E-state index contributed by atoms with van der Waals surface area (Å²) < 4.78 is 53.4. The fraction of sp³-hybridized carbons (Fsp3) is 0.780. The van der Waals surface area contributed by atoms with Gasteiger partial charge in [0.15, 0.2) is 28.9 Å². The molecule has 15 fully saturated rings. The second-order valence-electron chi connectivity index (χ2n) is 57.8. The minimum atomic E-state index is -1.53. The van der Waals surface area contributed by atoms with Crippen LogP contribution in [0.5, 0.6) is 0 Å². The van der Waals surface area contributed by atoms with Gasteiger partial charge in [-0.25, -0.2) is 0 Å². The summed E-state index contributed by atoms with van der Waals surface area (Å²) in [7, 11) is -3.04. The van der Waals surface area contributed by atoms with Gasteiger partial charge < -0.3 is 53.2 Å². The van der Waals surface area contributed by atoms with E-state index in [1.165, 1.54) is 106 Å². The summed E-state index contributed by atoms with van der Waals surface area (Å²) >= 11 is 0. The zero-order chi connectivity index (χ0) is 103. The molecule has 17 heteroatoms. The smallest absolute Gasteiger partial charge is 0.174 e. The van der Waals surface area contributed by atoms with Crippen LogP contribution >= 0.6 is 0 Å². The molecule has 0 bridgehead atoms. The maximum atomic E-state index is 13.6. The summed E-state index contributed by atoms with van der Waals surface area (Å²) in [5, 5.41) is 37.1. The average molecular weight is 2010 g/mol. The van der Waals surface area contributed by atoms with Gasteiger partial charge in [-0.15, -0.1) is 0 Å². The number of fused-ring (bicyclic) bond motifs is 28. The van der Waals surface area contributed by atoms with Gasteiger partial charge in [0.25, 0.3) is 0 Å². The second kappa shape index (κ2) is 38.0. The number of ether oxygens (including phenoxy) is 8. The predicted octanol–water partition coefficient (Wildman–Crippen LogP) is 27.2. The van der Waals surface area contributed by atoms with Gasteiger partial charge >= 0.3 is 0 Å². The first kappa shape index (κ1) is 107. The highest BCUT2D eigenvalue weighted by atomic mass is 28.3. The van der Waals surface area contributed by atoms with E-state index in [4.69, 9.17) is 37.9 Å². The molecule has 16 unspecified atom stereocenters. The fourth-order valence-electron chi connectivity index (χ4n) is 38.3. The van der Waals surface area contributed by atoms with Gasteiger partial charge in [0.1, 0.15) is 17.3 Å². The molecule has 3 aromatic rings. The van der Waals surface area contributed by atoms with Crippen molar-refractivity contribution in [1.82, 2.24) is 0 Å². The maximum absolute atomic E-state index is 13.6. The Labute approximate surface area is 869 Å². The van der Waals surface area contributed by atoms with Crippen molar-refractivity contribution < 1.29 is 72.4 Å². The number of carbonyl (C=O) groups is 4. The number of benzene rings is 3. The Morgan fingerprint density at radius 3 is 1.30 bits per heavy atom. The van der Waals surface area contributed by atoms with Gasteiger partial charge in [0, 0.05) is 146 Å². The van der Waals surface area contributed by atoms with Crippen molar-refractivity contribution in [1.29, 1.82) is 0 Å². The summed E-state index contributed by atoms with van der Waals surface area (Å²) in [5.74, 6) is 5.67. The first-order chi connectivity index (χ1) is 67.9. The minimum Gasteiger partial charge on any atom is -0.392 e. The summed E-state index contributed by atoms with van der Waals surface area (Å²) in [6.45, 7) is 58.5. The normalized spacial score (nSPS) is 40.6. The molecular weight excluding hydrogens is 1820 g/mol. The SMILES string of the molecule is CC[C@]12CC(=O)C3C4CCC(=O)C=C4CCC3C1CCC2=O.CC[C@]12CC(=O)C3c4ccc(C)cc4CCC3C1CCC21OCC(C)(C)CO1.CC[C@]12C[C@@H](O)C3c4ccc(C)cc4CCC3C1CCC21OCC(C)(C)CO1.CC[C@]12C[C@@](O)(C[Si](C)(C)C)C3C4=C(CCC3C1CCC21OCC(C)(C)CO1)CC(C)=CC4.CC[C@]12C[C@@](O)(C[Si](C)(C)C)C3c4ccc(C)cc4CCC3C1CCC21OCC(C)(C)CO1. The van der Waals surface area contributed by atoms with E-state index in [-0.39, 0.29) is 90.2 Å². The molecule has 0 aromatic heterocycles. The van der Waals surface area contributed by atoms with E-state index in [9.17, 15) is 34.5 Å². The molecule has 17 aliphatic carbocycles. The van der Waals surface area contributed by atoms with E-state index in [1.54, 1.807) is 11.1 Å². The Balaban J connectivity index is 0.000000110. The Hall–Kier alpha value is -4.45. The lowest BCUT2D eigenvalue weighted by molar-refractivity contribution is -0.358. The van der Waals surface area contributed by atoms with E-state index in [0.29, 0.717) is 108 Å². The lowest BCUT2D eigenvalue weighted by Gasteiger charge is -2.63. The number of aryl methyl sites for hydroxylation is 6. The highest BCUT2D eigenvalue weighted by Crippen LogP contribution is 2.76. The Kier molecular flexibility index (Phi) is 28.1. The number of allylic oxidation sites excluding steroid dienone is 4. The number of hydrogen-bond acceptors (Lipinski definition) is 15. The number of rotatable bonds is 9. The van der Waals surface area contributed by atoms with Crippen LogP contribution in [-0.4, -0.2) is 148 Å². The van der Waals surface area contributed by atoms with Crippen LogP contribution in [0.3, 0.4) is 0 Å². The average Bonchev–Trinajstić information content (AvgIpc) is 1.70. The second-order valence-corrected chi connectivity index (χ2v) is 68.7. The van der Waals surface area contributed by atoms with Crippen LogP contribution in [0.4, 0.5) is 0 Å². The molecule has 0 radical (unpaired) electrons. The van der Waals surface area contributed by atoms with Crippen molar-refractivity contribution >= 4 is 39.3 Å². The molecule has 794 valence electrons. The maximum Gasteiger partial charge on any atom is 0.174 e. The lowest BCUT2D eigenvalue weighted by Crippen LogP contribution is -2.66. The van der Waals surface area contributed by atoms with E-state index in [1.807, 2.05) is 6.08 Å². The molecule has 24 atom stereocenters. The largest absolute Gasteiger partial charge is 0.392 e. The van der Waals surface area contributed by atoms with Gasteiger partial charge in [0.2, 0.25) is 0 Å². The Bertz CT molecular complexity index is 5440. The molecule has 11 saturated carbocycles. The molecule has 15 nitrogen and oxygen atoms in total. The van der Waals surface area contributed by atoms with E-state index >= 15 is 0 Å². The van der Waals surface area contributed by atoms with Crippen molar-refractivity contribution in [3.63, 3.8) is 0 Å².